The lowest BCUT2D eigenvalue weighted by molar-refractivity contribution is 0.598. The van der Waals surface area contributed by atoms with Gasteiger partial charge in [0.2, 0.25) is 5.43 Å². The molecule has 0 saturated carbocycles. The van der Waals surface area contributed by atoms with Gasteiger partial charge in [-0.3, -0.25) is 9.59 Å². The van der Waals surface area contributed by atoms with E-state index in [0.717, 1.165) is 21.5 Å². The number of hydrogen-bond donors (Lipinski definition) is 0. The summed E-state index contributed by atoms with van der Waals surface area (Å²) in [6.07, 6.45) is 2.93. The molecule has 4 aromatic carbocycles. The molecule has 0 spiro atoms. The summed E-state index contributed by atoms with van der Waals surface area (Å²) in [5.41, 5.74) is 1.33. The molecule has 150 valence electrons. The van der Waals surface area contributed by atoms with E-state index in [0.29, 0.717) is 25.5 Å². The summed E-state index contributed by atoms with van der Waals surface area (Å²) in [6, 6.07) is 24.7. The van der Waals surface area contributed by atoms with Crippen LogP contribution in [0.4, 0.5) is 0 Å². The first-order chi connectivity index (χ1) is 15.1. The maximum atomic E-state index is 12.1. The SMILES string of the molecule is O=c1c(I)coc2ccc3ccccc3c12.O=c1ccoc2ccc3ccccc3c12. The third-order valence-corrected chi connectivity index (χ3v) is 5.92. The Morgan fingerprint density at radius 2 is 1.19 bits per heavy atom. The quantitative estimate of drug-likeness (QED) is 0.170. The van der Waals surface area contributed by atoms with Crippen LogP contribution in [0.1, 0.15) is 0 Å². The molecule has 0 N–H and O–H groups in total. The van der Waals surface area contributed by atoms with Gasteiger partial charge in [0.25, 0.3) is 0 Å². The first kappa shape index (κ1) is 19.5. The van der Waals surface area contributed by atoms with E-state index >= 15 is 0 Å². The van der Waals surface area contributed by atoms with Gasteiger partial charge in [0.15, 0.2) is 5.43 Å². The molecule has 31 heavy (non-hydrogen) atoms. The lowest BCUT2D eigenvalue weighted by atomic mass is 10.1. The fraction of sp³-hybridized carbons (Fsp3) is 0. The van der Waals surface area contributed by atoms with Crippen LogP contribution in [0.5, 0.6) is 0 Å². The summed E-state index contributed by atoms with van der Waals surface area (Å²) in [4.78, 5) is 23.8. The first-order valence-electron chi connectivity index (χ1n) is 9.61. The molecule has 0 bridgehead atoms. The molecule has 6 aromatic rings. The van der Waals surface area contributed by atoms with Gasteiger partial charge in [0, 0.05) is 6.07 Å². The lowest BCUT2D eigenvalue weighted by Gasteiger charge is -2.02. The highest BCUT2D eigenvalue weighted by atomic mass is 127. The highest BCUT2D eigenvalue weighted by molar-refractivity contribution is 14.1. The lowest BCUT2D eigenvalue weighted by Crippen LogP contribution is -2.04. The van der Waals surface area contributed by atoms with Gasteiger partial charge in [-0.15, -0.1) is 0 Å². The normalized spacial score (nSPS) is 11.0. The summed E-state index contributed by atoms with van der Waals surface area (Å²) in [5.74, 6) is 0. The Hall–Kier alpha value is -3.45. The van der Waals surface area contributed by atoms with E-state index in [1.165, 1.54) is 18.6 Å². The molecule has 0 aliphatic rings. The van der Waals surface area contributed by atoms with Crippen molar-refractivity contribution >= 4 is 66.1 Å². The van der Waals surface area contributed by atoms with Crippen molar-refractivity contribution in [1.29, 1.82) is 0 Å². The van der Waals surface area contributed by atoms with Crippen LogP contribution in [0.25, 0.3) is 43.5 Å². The van der Waals surface area contributed by atoms with Crippen molar-refractivity contribution < 1.29 is 8.83 Å². The number of rotatable bonds is 0. The minimum Gasteiger partial charge on any atom is -0.464 e. The van der Waals surface area contributed by atoms with E-state index < -0.39 is 0 Å². The first-order valence-corrected chi connectivity index (χ1v) is 10.7. The second-order valence-electron chi connectivity index (χ2n) is 7.02. The Balaban J connectivity index is 0.000000132. The van der Waals surface area contributed by atoms with E-state index in [2.05, 4.69) is 0 Å². The Labute approximate surface area is 189 Å². The largest absolute Gasteiger partial charge is 0.464 e. The van der Waals surface area contributed by atoms with Gasteiger partial charge in [-0.1, -0.05) is 60.7 Å². The van der Waals surface area contributed by atoms with E-state index in [-0.39, 0.29) is 10.9 Å². The summed E-state index contributed by atoms with van der Waals surface area (Å²) >= 11 is 2.00. The molecule has 2 aromatic heterocycles. The predicted octanol–water partition coefficient (Wildman–Crippen LogP) is 6.50. The van der Waals surface area contributed by atoms with Crippen LogP contribution in [-0.4, -0.2) is 0 Å². The number of hydrogen-bond acceptors (Lipinski definition) is 4. The molecule has 2 heterocycles. The summed E-state index contributed by atoms with van der Waals surface area (Å²) in [6.45, 7) is 0. The van der Waals surface area contributed by atoms with Crippen molar-refractivity contribution in [2.24, 2.45) is 0 Å². The molecule has 0 unspecified atom stereocenters. The van der Waals surface area contributed by atoms with Crippen molar-refractivity contribution in [3.8, 4) is 0 Å². The molecule has 0 saturated heterocycles. The molecular weight excluding hydrogens is 503 g/mol. The van der Waals surface area contributed by atoms with Crippen LogP contribution in [0.15, 0.2) is 110 Å². The molecule has 0 aliphatic heterocycles. The molecule has 0 atom stereocenters. The van der Waals surface area contributed by atoms with Crippen LogP contribution < -0.4 is 10.9 Å². The van der Waals surface area contributed by atoms with Crippen molar-refractivity contribution in [2.45, 2.75) is 0 Å². The van der Waals surface area contributed by atoms with Crippen LogP contribution in [0.3, 0.4) is 0 Å². The summed E-state index contributed by atoms with van der Waals surface area (Å²) in [5, 5.41) is 5.35. The van der Waals surface area contributed by atoms with Crippen molar-refractivity contribution in [2.75, 3.05) is 0 Å². The number of benzene rings is 4. The molecule has 0 amide bonds. The Bertz CT molecular complexity index is 1700. The second kappa shape index (κ2) is 8.00. The van der Waals surface area contributed by atoms with E-state index in [9.17, 15) is 9.59 Å². The van der Waals surface area contributed by atoms with Gasteiger partial charge in [-0.05, 0) is 56.3 Å². The minimum atomic E-state index is 0.00745. The molecule has 4 nitrogen and oxygen atoms in total. The van der Waals surface area contributed by atoms with Crippen LogP contribution in [0, 0.1) is 3.57 Å². The van der Waals surface area contributed by atoms with Gasteiger partial charge in [0.05, 0.1) is 20.6 Å². The third-order valence-electron chi connectivity index (χ3n) is 5.18. The number of halogens is 1. The zero-order valence-corrected chi connectivity index (χ0v) is 18.3. The van der Waals surface area contributed by atoms with E-state index in [1.54, 1.807) is 0 Å². The molecular formula is C26H15IO4. The third kappa shape index (κ3) is 3.51. The maximum absolute atomic E-state index is 12.1. The van der Waals surface area contributed by atoms with Crippen molar-refractivity contribution in [3.05, 3.63) is 115 Å². The highest BCUT2D eigenvalue weighted by Crippen LogP contribution is 2.23. The van der Waals surface area contributed by atoms with Crippen molar-refractivity contribution in [1.82, 2.24) is 0 Å². The molecule has 0 fully saturated rings. The maximum Gasteiger partial charge on any atom is 0.206 e. The van der Waals surface area contributed by atoms with Gasteiger partial charge in [-0.25, -0.2) is 0 Å². The standard InChI is InChI=1S/C13H7IO2.C13H8O2/c14-10-7-16-11-6-5-8-3-1-2-4-9(8)12(11)13(10)15;14-11-7-8-15-12-6-5-9-3-1-2-4-10(9)13(11)12/h1-7H;1-8H. The zero-order chi connectivity index (χ0) is 21.4. The van der Waals surface area contributed by atoms with Gasteiger partial charge >= 0.3 is 0 Å². The zero-order valence-electron chi connectivity index (χ0n) is 16.2. The van der Waals surface area contributed by atoms with E-state index in [1.807, 2.05) is 95.4 Å². The smallest absolute Gasteiger partial charge is 0.206 e. The molecule has 0 aliphatic carbocycles. The highest BCUT2D eigenvalue weighted by Gasteiger charge is 2.08. The van der Waals surface area contributed by atoms with Gasteiger partial charge in [-0.2, -0.15) is 0 Å². The van der Waals surface area contributed by atoms with Gasteiger partial charge in [0.1, 0.15) is 17.4 Å². The minimum absolute atomic E-state index is 0.00745. The summed E-state index contributed by atoms with van der Waals surface area (Å²) < 4.78 is 11.3. The molecule has 0 radical (unpaired) electrons. The Kier molecular flexibility index (Phi) is 5.03. The number of fused-ring (bicyclic) bond motifs is 6. The van der Waals surface area contributed by atoms with Crippen LogP contribution >= 0.6 is 22.6 Å². The average Bonchev–Trinajstić information content (AvgIpc) is 2.81. The van der Waals surface area contributed by atoms with Crippen molar-refractivity contribution in [3.63, 3.8) is 0 Å². The van der Waals surface area contributed by atoms with E-state index in [4.69, 9.17) is 8.83 Å². The van der Waals surface area contributed by atoms with Gasteiger partial charge < -0.3 is 8.83 Å². The second-order valence-corrected chi connectivity index (χ2v) is 8.18. The topological polar surface area (TPSA) is 60.4 Å². The fourth-order valence-corrected chi connectivity index (χ4v) is 4.13. The predicted molar refractivity (Wildman–Crippen MR) is 133 cm³/mol. The Morgan fingerprint density at radius 3 is 1.87 bits per heavy atom. The molecule has 5 heteroatoms. The summed E-state index contributed by atoms with van der Waals surface area (Å²) in [7, 11) is 0. The van der Waals surface area contributed by atoms with Crippen LogP contribution in [0.2, 0.25) is 0 Å². The fourth-order valence-electron chi connectivity index (χ4n) is 3.73. The Morgan fingerprint density at radius 1 is 0.613 bits per heavy atom. The molecule has 6 rings (SSSR count). The average molecular weight is 518 g/mol. The monoisotopic (exact) mass is 518 g/mol. The van der Waals surface area contributed by atoms with Crippen LogP contribution in [-0.2, 0) is 0 Å².